The maximum atomic E-state index is 13.3. The molecule has 1 aromatic rings. The quantitative estimate of drug-likeness (QED) is 0.345. The van der Waals surface area contributed by atoms with Gasteiger partial charge in [0.05, 0.1) is 30.4 Å². The van der Waals surface area contributed by atoms with Crippen LogP contribution in [0.2, 0.25) is 0 Å². The minimum atomic E-state index is -1.19. The van der Waals surface area contributed by atoms with Crippen molar-refractivity contribution in [3.8, 4) is 0 Å². The Bertz CT molecular complexity index is 1160. The highest BCUT2D eigenvalue weighted by Crippen LogP contribution is 2.29. The van der Waals surface area contributed by atoms with Gasteiger partial charge in [-0.3, -0.25) is 33.8 Å². The molecule has 3 unspecified atom stereocenters. The van der Waals surface area contributed by atoms with Crippen molar-refractivity contribution < 1.29 is 38.2 Å². The Labute approximate surface area is 232 Å². The maximum absolute atomic E-state index is 13.3. The van der Waals surface area contributed by atoms with Crippen molar-refractivity contribution in [2.75, 3.05) is 33.0 Å². The molecule has 2 fully saturated rings. The van der Waals surface area contributed by atoms with Gasteiger partial charge >= 0.3 is 5.97 Å². The molecule has 0 saturated carbocycles. The molecule has 4 rings (SSSR count). The van der Waals surface area contributed by atoms with Crippen LogP contribution in [0.1, 0.15) is 61.3 Å². The van der Waals surface area contributed by atoms with Crippen LogP contribution in [-0.2, 0) is 28.7 Å². The van der Waals surface area contributed by atoms with Gasteiger partial charge in [0.1, 0.15) is 12.1 Å². The minimum Gasteiger partial charge on any atom is -0.442 e. The second-order valence-corrected chi connectivity index (χ2v) is 10.9. The molecule has 3 atom stereocenters. The number of piperidine rings is 1. The first-order valence-corrected chi connectivity index (χ1v) is 13.6. The fourth-order valence-corrected chi connectivity index (χ4v) is 5.39. The molecule has 0 aliphatic carbocycles. The maximum Gasteiger partial charge on any atom is 0.330 e. The molecule has 0 bridgehead atoms. The smallest absolute Gasteiger partial charge is 0.330 e. The summed E-state index contributed by atoms with van der Waals surface area (Å²) in [6.07, 6.45) is -0.127. The topological polar surface area (TPSA) is 143 Å². The fraction of sp³-hybridized carbons (Fsp3) is 0.571. The van der Waals surface area contributed by atoms with Crippen molar-refractivity contribution in [2.24, 2.45) is 11.8 Å². The zero-order valence-electron chi connectivity index (χ0n) is 23.3. The zero-order valence-corrected chi connectivity index (χ0v) is 23.3. The van der Waals surface area contributed by atoms with Crippen LogP contribution >= 0.6 is 0 Å². The van der Waals surface area contributed by atoms with Gasteiger partial charge in [-0.1, -0.05) is 39.8 Å². The van der Waals surface area contributed by atoms with E-state index in [1.54, 1.807) is 26.0 Å². The van der Waals surface area contributed by atoms with Crippen LogP contribution in [0.25, 0.3) is 0 Å². The molecular formula is C28H36N4O8. The zero-order chi connectivity index (χ0) is 29.1. The number of benzene rings is 1. The highest BCUT2D eigenvalue weighted by molar-refractivity contribution is 6.23. The van der Waals surface area contributed by atoms with Gasteiger partial charge in [0, 0.05) is 19.5 Å². The lowest BCUT2D eigenvalue weighted by atomic mass is 9.98. The standard InChI is InChI=1S/C28H36N4O8/c1-16(2)22(29-24(34)23(17(3)4)30-11-13-39-14-12-30)28(38)40-15-31-21(33)10-9-20(27(31)37)32-25(35)18-7-5-6-8-19(18)26(32)36/h5-8,16-17,20,22-23H,9-15H2,1-4H3,(H,29,34). The number of esters is 1. The number of rotatable bonds is 9. The summed E-state index contributed by atoms with van der Waals surface area (Å²) in [7, 11) is 0. The van der Waals surface area contributed by atoms with E-state index in [0.717, 1.165) is 9.80 Å². The molecule has 0 radical (unpaired) electrons. The summed E-state index contributed by atoms with van der Waals surface area (Å²) in [5, 5.41) is 2.80. The van der Waals surface area contributed by atoms with E-state index in [4.69, 9.17) is 9.47 Å². The number of hydrogen-bond donors (Lipinski definition) is 1. The lowest BCUT2D eigenvalue weighted by Crippen LogP contribution is -2.58. The summed E-state index contributed by atoms with van der Waals surface area (Å²) in [4.78, 5) is 81.7. The summed E-state index contributed by atoms with van der Waals surface area (Å²) in [6, 6.07) is 3.60. The molecule has 1 N–H and O–H groups in total. The molecule has 12 heteroatoms. The normalized spacial score (nSPS) is 21.6. The first kappa shape index (κ1) is 29.3. The number of hydrogen-bond acceptors (Lipinski definition) is 9. The summed E-state index contributed by atoms with van der Waals surface area (Å²) in [6.45, 7) is 8.91. The van der Waals surface area contributed by atoms with Crippen LogP contribution in [0.15, 0.2) is 24.3 Å². The van der Waals surface area contributed by atoms with Crippen molar-refractivity contribution in [3.05, 3.63) is 35.4 Å². The molecular weight excluding hydrogens is 520 g/mol. The predicted octanol–water partition coefficient (Wildman–Crippen LogP) is 0.799. The first-order chi connectivity index (χ1) is 19.0. The van der Waals surface area contributed by atoms with E-state index in [1.807, 2.05) is 18.7 Å². The van der Waals surface area contributed by atoms with Crippen LogP contribution < -0.4 is 5.32 Å². The van der Waals surface area contributed by atoms with Gasteiger partial charge in [0.15, 0.2) is 6.73 Å². The molecule has 0 spiro atoms. The molecule has 216 valence electrons. The summed E-state index contributed by atoms with van der Waals surface area (Å²) < 4.78 is 10.8. The second-order valence-electron chi connectivity index (χ2n) is 10.9. The van der Waals surface area contributed by atoms with Crippen molar-refractivity contribution in [2.45, 2.75) is 58.7 Å². The van der Waals surface area contributed by atoms with E-state index in [-0.39, 0.29) is 41.7 Å². The Balaban J connectivity index is 1.42. The molecule has 3 heterocycles. The molecule has 40 heavy (non-hydrogen) atoms. The third-order valence-electron chi connectivity index (χ3n) is 7.51. The van der Waals surface area contributed by atoms with Gasteiger partial charge in [-0.2, -0.15) is 0 Å². The number of amides is 5. The van der Waals surface area contributed by atoms with E-state index < -0.39 is 54.5 Å². The van der Waals surface area contributed by atoms with Gasteiger partial charge in [-0.25, -0.2) is 9.69 Å². The van der Waals surface area contributed by atoms with Gasteiger partial charge in [0.2, 0.25) is 11.8 Å². The Morgan fingerprint density at radius 1 is 0.975 bits per heavy atom. The molecule has 0 aromatic heterocycles. The van der Waals surface area contributed by atoms with Crippen LogP contribution in [0.5, 0.6) is 0 Å². The fourth-order valence-electron chi connectivity index (χ4n) is 5.39. The van der Waals surface area contributed by atoms with Crippen molar-refractivity contribution in [1.82, 2.24) is 20.0 Å². The van der Waals surface area contributed by atoms with E-state index in [0.29, 0.717) is 26.3 Å². The Kier molecular flexibility index (Phi) is 8.99. The van der Waals surface area contributed by atoms with Gasteiger partial charge in [-0.15, -0.1) is 0 Å². The van der Waals surface area contributed by atoms with Gasteiger partial charge in [-0.05, 0) is 30.4 Å². The van der Waals surface area contributed by atoms with Crippen molar-refractivity contribution in [1.29, 1.82) is 0 Å². The third kappa shape index (κ3) is 5.78. The summed E-state index contributed by atoms with van der Waals surface area (Å²) in [5.74, 6) is -4.06. The lowest BCUT2D eigenvalue weighted by molar-refractivity contribution is -0.166. The molecule has 5 amide bonds. The second kappa shape index (κ2) is 12.3. The number of carbonyl (C=O) groups excluding carboxylic acids is 6. The number of carbonyl (C=O) groups is 6. The highest BCUT2D eigenvalue weighted by Gasteiger charge is 2.47. The third-order valence-corrected chi connectivity index (χ3v) is 7.51. The number of fused-ring (bicyclic) bond motifs is 1. The summed E-state index contributed by atoms with van der Waals surface area (Å²) >= 11 is 0. The Morgan fingerprint density at radius 2 is 1.57 bits per heavy atom. The average Bonchev–Trinajstić information content (AvgIpc) is 3.17. The van der Waals surface area contributed by atoms with Crippen LogP contribution in [-0.4, -0.2) is 101 Å². The minimum absolute atomic E-state index is 0.0175. The number of nitrogens with zero attached hydrogens (tertiary/aromatic N) is 3. The van der Waals surface area contributed by atoms with Crippen molar-refractivity contribution >= 4 is 35.5 Å². The molecule has 12 nitrogen and oxygen atoms in total. The summed E-state index contributed by atoms with van der Waals surface area (Å²) in [5.41, 5.74) is 0.393. The monoisotopic (exact) mass is 556 g/mol. The average molecular weight is 557 g/mol. The largest absolute Gasteiger partial charge is 0.442 e. The number of imide groups is 2. The molecule has 2 saturated heterocycles. The number of ether oxygens (including phenoxy) is 2. The SMILES string of the molecule is CC(C)C(NC(=O)C(C(C)C)N1CCOCC1)C(=O)OCN1C(=O)CCC(N2C(=O)c3ccccc3C2=O)C1=O. The molecule has 3 aliphatic rings. The Hall–Kier alpha value is -3.64. The van der Waals surface area contributed by atoms with Crippen LogP contribution in [0.3, 0.4) is 0 Å². The highest BCUT2D eigenvalue weighted by atomic mass is 16.5. The van der Waals surface area contributed by atoms with Crippen LogP contribution in [0, 0.1) is 11.8 Å². The van der Waals surface area contributed by atoms with E-state index >= 15 is 0 Å². The van der Waals surface area contributed by atoms with Gasteiger partial charge in [0.25, 0.3) is 17.7 Å². The van der Waals surface area contributed by atoms with Crippen molar-refractivity contribution in [3.63, 3.8) is 0 Å². The first-order valence-electron chi connectivity index (χ1n) is 13.6. The number of likely N-dealkylation sites (tertiary alicyclic amines) is 1. The lowest BCUT2D eigenvalue weighted by Gasteiger charge is -2.37. The number of morpholine rings is 1. The molecule has 1 aromatic carbocycles. The number of nitrogens with one attached hydrogen (secondary N) is 1. The van der Waals surface area contributed by atoms with E-state index in [9.17, 15) is 28.8 Å². The predicted molar refractivity (Wildman–Crippen MR) is 141 cm³/mol. The Morgan fingerprint density at radius 3 is 2.12 bits per heavy atom. The van der Waals surface area contributed by atoms with Crippen LogP contribution in [0.4, 0.5) is 0 Å². The van der Waals surface area contributed by atoms with E-state index in [2.05, 4.69) is 5.32 Å². The van der Waals surface area contributed by atoms with E-state index in [1.165, 1.54) is 12.1 Å². The van der Waals surface area contributed by atoms with Gasteiger partial charge < -0.3 is 14.8 Å². The molecule has 3 aliphatic heterocycles.